The average Bonchev–Trinajstić information content (AvgIpc) is 2.69. The second-order valence-electron chi connectivity index (χ2n) is 4.97. The van der Waals surface area contributed by atoms with Crippen molar-refractivity contribution >= 4 is 17.7 Å². The zero-order chi connectivity index (χ0) is 15.0. The highest BCUT2D eigenvalue weighted by molar-refractivity contribution is 7.99. The largest absolute Gasteiger partial charge is 0.505 e. The summed E-state index contributed by atoms with van der Waals surface area (Å²) in [7, 11) is 0. The van der Waals surface area contributed by atoms with Crippen LogP contribution in [-0.4, -0.2) is 45.0 Å². The molecular formula is C14H24O5S. The van der Waals surface area contributed by atoms with Crippen molar-refractivity contribution in [2.24, 2.45) is 0 Å². The Labute approximate surface area is 124 Å². The predicted molar refractivity (Wildman–Crippen MR) is 78.9 cm³/mol. The van der Waals surface area contributed by atoms with Gasteiger partial charge in [0.1, 0.15) is 6.10 Å². The monoisotopic (exact) mass is 304 g/mol. The minimum absolute atomic E-state index is 0.365. The Hall–Kier alpha value is -0.880. The van der Waals surface area contributed by atoms with Crippen LogP contribution in [0.4, 0.5) is 0 Å². The predicted octanol–water partition coefficient (Wildman–Crippen LogP) is 2.69. The first-order chi connectivity index (χ1) is 9.57. The van der Waals surface area contributed by atoms with E-state index in [9.17, 15) is 15.0 Å². The Morgan fingerprint density at radius 3 is 2.45 bits per heavy atom. The quantitative estimate of drug-likeness (QED) is 0.425. The number of aliphatic hydroxyl groups excluding tert-OH is 3. The summed E-state index contributed by atoms with van der Waals surface area (Å²) in [5, 5.41) is 28.4. The average molecular weight is 304 g/mol. The summed E-state index contributed by atoms with van der Waals surface area (Å²) < 4.78 is 4.69. The van der Waals surface area contributed by atoms with E-state index in [1.807, 2.05) is 0 Å². The lowest BCUT2D eigenvalue weighted by Gasteiger charge is -2.16. The van der Waals surface area contributed by atoms with Gasteiger partial charge in [-0.2, -0.15) is 11.8 Å². The highest BCUT2D eigenvalue weighted by atomic mass is 32.2. The van der Waals surface area contributed by atoms with Gasteiger partial charge < -0.3 is 20.1 Å². The number of unbranched alkanes of at least 4 members (excludes halogenated alkanes) is 5. The normalized spacial score (nSPS) is 20.3. The molecule has 0 fully saturated rings. The van der Waals surface area contributed by atoms with Crippen molar-refractivity contribution in [2.75, 3.05) is 11.5 Å². The van der Waals surface area contributed by atoms with Crippen molar-refractivity contribution in [2.45, 2.75) is 57.7 Å². The Balaban J connectivity index is 2.09. The first-order valence-electron chi connectivity index (χ1n) is 7.16. The van der Waals surface area contributed by atoms with Crippen LogP contribution < -0.4 is 0 Å². The van der Waals surface area contributed by atoms with Crippen LogP contribution in [0.5, 0.6) is 0 Å². The fraction of sp³-hybridized carbons (Fsp3) is 0.786. The van der Waals surface area contributed by atoms with E-state index in [1.54, 1.807) is 11.8 Å². The number of rotatable bonds is 10. The molecule has 0 unspecified atom stereocenters. The highest BCUT2D eigenvalue weighted by Gasteiger charge is 2.38. The van der Waals surface area contributed by atoms with Crippen molar-refractivity contribution in [3.05, 3.63) is 11.5 Å². The number of thioether (sulfide) groups is 1. The van der Waals surface area contributed by atoms with Gasteiger partial charge in [-0.05, 0) is 12.2 Å². The molecule has 0 aromatic carbocycles. The molecule has 5 nitrogen and oxygen atoms in total. The van der Waals surface area contributed by atoms with Crippen LogP contribution in [0, 0.1) is 0 Å². The van der Waals surface area contributed by atoms with E-state index in [1.165, 1.54) is 32.1 Å². The molecule has 0 spiro atoms. The Kier molecular flexibility index (Phi) is 7.84. The number of esters is 1. The van der Waals surface area contributed by atoms with Gasteiger partial charge in [0.25, 0.3) is 0 Å². The minimum atomic E-state index is -1.13. The van der Waals surface area contributed by atoms with Crippen molar-refractivity contribution in [3.63, 3.8) is 0 Å². The van der Waals surface area contributed by atoms with Crippen LogP contribution in [0.1, 0.15) is 45.4 Å². The number of hydrogen-bond acceptors (Lipinski definition) is 6. The third-order valence-electron chi connectivity index (χ3n) is 3.22. The molecule has 0 aromatic heterocycles. The van der Waals surface area contributed by atoms with E-state index in [2.05, 4.69) is 6.92 Å². The van der Waals surface area contributed by atoms with Gasteiger partial charge >= 0.3 is 5.97 Å². The van der Waals surface area contributed by atoms with Gasteiger partial charge in [-0.3, -0.25) is 0 Å². The summed E-state index contributed by atoms with van der Waals surface area (Å²) in [6, 6.07) is 0. The van der Waals surface area contributed by atoms with E-state index < -0.39 is 29.7 Å². The maximum atomic E-state index is 11.0. The number of hydrogen-bond donors (Lipinski definition) is 3. The lowest BCUT2D eigenvalue weighted by Crippen LogP contribution is -2.30. The summed E-state index contributed by atoms with van der Waals surface area (Å²) in [6.45, 7) is 2.19. The van der Waals surface area contributed by atoms with Crippen molar-refractivity contribution < 1.29 is 24.9 Å². The summed E-state index contributed by atoms with van der Waals surface area (Å²) in [5.41, 5.74) is 0. The van der Waals surface area contributed by atoms with Crippen LogP contribution in [-0.2, 0) is 9.53 Å². The molecule has 0 amide bonds. The molecule has 1 rings (SSSR count). The third-order valence-corrected chi connectivity index (χ3v) is 4.37. The molecule has 2 atom stereocenters. The fourth-order valence-electron chi connectivity index (χ4n) is 2.00. The molecule has 0 aliphatic carbocycles. The number of carbonyl (C=O) groups excluding carboxylic acids is 1. The molecule has 0 radical (unpaired) electrons. The van der Waals surface area contributed by atoms with Crippen molar-refractivity contribution in [1.29, 1.82) is 0 Å². The molecule has 20 heavy (non-hydrogen) atoms. The molecular weight excluding hydrogens is 280 g/mol. The number of aliphatic hydroxyl groups is 3. The summed E-state index contributed by atoms with van der Waals surface area (Å²) in [6.07, 6.45) is 5.22. The first kappa shape index (κ1) is 17.2. The highest BCUT2D eigenvalue weighted by Crippen LogP contribution is 2.23. The van der Waals surface area contributed by atoms with Crippen molar-refractivity contribution in [3.8, 4) is 0 Å². The lowest BCUT2D eigenvalue weighted by atomic mass is 10.1. The van der Waals surface area contributed by atoms with Crippen LogP contribution in [0.2, 0.25) is 0 Å². The second kappa shape index (κ2) is 9.13. The minimum Gasteiger partial charge on any atom is -0.505 e. The number of cyclic esters (lactones) is 1. The second-order valence-corrected chi connectivity index (χ2v) is 6.12. The third kappa shape index (κ3) is 5.25. The molecule has 0 aromatic rings. The van der Waals surface area contributed by atoms with Gasteiger partial charge in [0.05, 0.1) is 0 Å². The molecule has 0 saturated heterocycles. The molecule has 0 bridgehead atoms. The van der Waals surface area contributed by atoms with Gasteiger partial charge in [-0.1, -0.05) is 39.0 Å². The van der Waals surface area contributed by atoms with Gasteiger partial charge in [0.2, 0.25) is 5.76 Å². The molecule has 6 heteroatoms. The number of ether oxygens (including phenoxy) is 1. The van der Waals surface area contributed by atoms with E-state index >= 15 is 0 Å². The van der Waals surface area contributed by atoms with Crippen LogP contribution in [0.3, 0.4) is 0 Å². The molecule has 1 aliphatic rings. The molecule has 1 heterocycles. The standard InChI is InChI=1S/C14H24O5S/c1-2-3-4-5-6-7-8-20-9-10(15)13-11(16)12(17)14(18)19-13/h10,13,15-17H,2-9H2,1H3/t10-,13+/m0/s1. The molecule has 3 N–H and O–H groups in total. The maximum absolute atomic E-state index is 11.0. The number of carbonyl (C=O) groups is 1. The zero-order valence-electron chi connectivity index (χ0n) is 11.9. The maximum Gasteiger partial charge on any atom is 0.377 e. The van der Waals surface area contributed by atoms with Crippen LogP contribution in [0.25, 0.3) is 0 Å². The smallest absolute Gasteiger partial charge is 0.377 e. The Bertz CT molecular complexity index is 342. The van der Waals surface area contributed by atoms with Crippen LogP contribution in [0.15, 0.2) is 11.5 Å². The Morgan fingerprint density at radius 1 is 1.20 bits per heavy atom. The van der Waals surface area contributed by atoms with E-state index in [-0.39, 0.29) is 0 Å². The lowest BCUT2D eigenvalue weighted by molar-refractivity contribution is -0.146. The SMILES string of the molecule is CCCCCCCCSC[C@H](O)[C@H]1OC(=O)C(O)=C1O. The molecule has 116 valence electrons. The fourth-order valence-corrected chi connectivity index (χ4v) is 2.99. The summed E-state index contributed by atoms with van der Waals surface area (Å²) in [4.78, 5) is 11.0. The topological polar surface area (TPSA) is 87.0 Å². The van der Waals surface area contributed by atoms with E-state index in [0.717, 1.165) is 12.2 Å². The van der Waals surface area contributed by atoms with Gasteiger partial charge in [0.15, 0.2) is 11.9 Å². The van der Waals surface area contributed by atoms with Gasteiger partial charge in [0, 0.05) is 5.75 Å². The van der Waals surface area contributed by atoms with Crippen molar-refractivity contribution in [1.82, 2.24) is 0 Å². The molecule has 1 aliphatic heterocycles. The van der Waals surface area contributed by atoms with E-state index in [4.69, 9.17) is 9.84 Å². The molecule has 0 saturated carbocycles. The van der Waals surface area contributed by atoms with Gasteiger partial charge in [-0.25, -0.2) is 4.79 Å². The van der Waals surface area contributed by atoms with Gasteiger partial charge in [-0.15, -0.1) is 0 Å². The summed E-state index contributed by atoms with van der Waals surface area (Å²) in [5.74, 6) is -1.05. The summed E-state index contributed by atoms with van der Waals surface area (Å²) >= 11 is 1.56. The zero-order valence-corrected chi connectivity index (χ0v) is 12.7. The van der Waals surface area contributed by atoms with Crippen LogP contribution >= 0.6 is 11.8 Å². The Morgan fingerprint density at radius 2 is 1.85 bits per heavy atom. The first-order valence-corrected chi connectivity index (χ1v) is 8.32. The van der Waals surface area contributed by atoms with E-state index in [0.29, 0.717) is 5.75 Å².